The zero-order valence-electron chi connectivity index (χ0n) is 14.4. The number of rotatable bonds is 6. The largest absolute Gasteiger partial charge is 0.360 e. The van der Waals surface area contributed by atoms with E-state index in [9.17, 15) is 0 Å². The van der Waals surface area contributed by atoms with Crippen LogP contribution in [0.3, 0.4) is 0 Å². The maximum atomic E-state index is 6.41. The Hall–Kier alpha value is -1.63. The van der Waals surface area contributed by atoms with Crippen LogP contribution >= 0.6 is 27.5 Å². The fraction of sp³-hybridized carbons (Fsp3) is 0.368. The van der Waals surface area contributed by atoms with Crippen LogP contribution in [0, 0.1) is 0 Å². The van der Waals surface area contributed by atoms with E-state index < -0.39 is 0 Å². The molecule has 3 aromatic rings. The van der Waals surface area contributed by atoms with E-state index in [1.54, 1.807) is 6.20 Å². The first-order valence-corrected chi connectivity index (χ1v) is 10.4. The van der Waals surface area contributed by atoms with E-state index in [-0.39, 0.29) is 0 Å². The molecule has 1 aromatic carbocycles. The van der Waals surface area contributed by atoms with Crippen LogP contribution in [0.15, 0.2) is 36.7 Å². The van der Waals surface area contributed by atoms with Crippen molar-refractivity contribution in [2.45, 2.75) is 18.9 Å². The van der Waals surface area contributed by atoms with Gasteiger partial charge in [-0.15, -0.1) is 0 Å². The summed E-state index contributed by atoms with van der Waals surface area (Å²) in [7, 11) is 0. The van der Waals surface area contributed by atoms with Crippen LogP contribution < -0.4 is 5.32 Å². The van der Waals surface area contributed by atoms with Crippen molar-refractivity contribution in [1.82, 2.24) is 19.9 Å². The third-order valence-electron chi connectivity index (χ3n) is 4.80. The number of nitrogens with zero attached hydrogens (tertiary/aromatic N) is 3. The second kappa shape index (κ2) is 7.94. The lowest BCUT2D eigenvalue weighted by Gasteiger charge is -2.16. The van der Waals surface area contributed by atoms with Gasteiger partial charge in [0.1, 0.15) is 0 Å². The van der Waals surface area contributed by atoms with Crippen LogP contribution in [-0.4, -0.2) is 50.9 Å². The Bertz CT molecular complexity index is 897. The van der Waals surface area contributed by atoms with E-state index in [4.69, 9.17) is 16.6 Å². The third-order valence-corrected chi connectivity index (χ3v) is 5.64. The Labute approximate surface area is 166 Å². The van der Waals surface area contributed by atoms with E-state index in [1.165, 1.54) is 6.42 Å². The van der Waals surface area contributed by atoms with Gasteiger partial charge in [0.2, 0.25) is 5.95 Å². The molecule has 0 unspecified atom stereocenters. The van der Waals surface area contributed by atoms with Crippen molar-refractivity contribution in [3.63, 3.8) is 0 Å². The molecule has 0 saturated carbocycles. The number of aromatic amines is 1. The number of halogens is 2. The smallest absolute Gasteiger partial charge is 0.223 e. The minimum atomic E-state index is 0.377. The normalized spacial score (nSPS) is 17.8. The topological polar surface area (TPSA) is 56.8 Å². The summed E-state index contributed by atoms with van der Waals surface area (Å²) in [6.45, 7) is 3.28. The average Bonchev–Trinajstić information content (AvgIpc) is 3.28. The number of benzene rings is 1. The van der Waals surface area contributed by atoms with E-state index in [1.807, 2.05) is 24.4 Å². The van der Waals surface area contributed by atoms with Gasteiger partial charge in [0.25, 0.3) is 0 Å². The summed E-state index contributed by atoms with van der Waals surface area (Å²) in [6.07, 6.45) is 5.93. The standard InChI is InChI=1S/C19H21BrClN5/c20-7-3-8-26-9-6-13(12-26)24-19-23-11-16(21)18(25-19)15-10-22-17-5-2-1-4-14(15)17/h1-2,4-5,10-11,13,22H,3,6-9,12H2,(H,23,24,25)/t13-/m1/s1. The molecule has 0 aliphatic carbocycles. The summed E-state index contributed by atoms with van der Waals surface area (Å²) >= 11 is 9.90. The molecule has 0 spiro atoms. The molecule has 3 heterocycles. The zero-order valence-corrected chi connectivity index (χ0v) is 16.7. The minimum Gasteiger partial charge on any atom is -0.360 e. The highest BCUT2D eigenvalue weighted by atomic mass is 79.9. The number of likely N-dealkylation sites (tertiary alicyclic amines) is 1. The molecule has 1 aliphatic rings. The summed E-state index contributed by atoms with van der Waals surface area (Å²) < 4.78 is 0. The summed E-state index contributed by atoms with van der Waals surface area (Å²) in [5, 5.41) is 6.20. The molecule has 1 saturated heterocycles. The van der Waals surface area contributed by atoms with Gasteiger partial charge in [-0.2, -0.15) is 0 Å². The number of hydrogen-bond acceptors (Lipinski definition) is 4. The van der Waals surface area contributed by atoms with Gasteiger partial charge in [0, 0.05) is 47.1 Å². The molecule has 1 atom stereocenters. The first kappa shape index (κ1) is 17.8. The maximum Gasteiger partial charge on any atom is 0.223 e. The molecule has 2 N–H and O–H groups in total. The van der Waals surface area contributed by atoms with Gasteiger partial charge < -0.3 is 15.2 Å². The lowest BCUT2D eigenvalue weighted by Crippen LogP contribution is -2.27. The minimum absolute atomic E-state index is 0.377. The Kier molecular flexibility index (Phi) is 5.43. The maximum absolute atomic E-state index is 6.41. The van der Waals surface area contributed by atoms with Crippen molar-refractivity contribution >= 4 is 44.4 Å². The Morgan fingerprint density at radius 1 is 1.35 bits per heavy atom. The predicted octanol–water partition coefficient (Wildman–Crippen LogP) is 4.55. The van der Waals surface area contributed by atoms with Crippen LogP contribution in [0.25, 0.3) is 22.2 Å². The number of aromatic nitrogens is 3. The molecule has 5 nitrogen and oxygen atoms in total. The molecule has 0 bridgehead atoms. The summed E-state index contributed by atoms with van der Waals surface area (Å²) in [5.74, 6) is 0.641. The third kappa shape index (κ3) is 3.72. The molecular formula is C19H21BrClN5. The Morgan fingerprint density at radius 2 is 2.23 bits per heavy atom. The molecule has 1 aliphatic heterocycles. The number of H-pyrrole nitrogens is 1. The molecule has 26 heavy (non-hydrogen) atoms. The molecule has 4 rings (SSSR count). The lowest BCUT2D eigenvalue weighted by atomic mass is 10.1. The average molecular weight is 435 g/mol. The predicted molar refractivity (Wildman–Crippen MR) is 111 cm³/mol. The summed E-state index contributed by atoms with van der Waals surface area (Å²) in [5.41, 5.74) is 2.84. The SMILES string of the molecule is Clc1cnc(N[C@@H]2CCN(CCCBr)C2)nc1-c1c[nH]c2ccccc12. The van der Waals surface area contributed by atoms with Crippen LogP contribution in [-0.2, 0) is 0 Å². The van der Waals surface area contributed by atoms with Gasteiger partial charge in [-0.05, 0) is 25.5 Å². The number of para-hydroxylation sites is 1. The number of anilines is 1. The lowest BCUT2D eigenvalue weighted by molar-refractivity contribution is 0.338. The molecule has 136 valence electrons. The van der Waals surface area contributed by atoms with Gasteiger partial charge in [-0.1, -0.05) is 45.7 Å². The van der Waals surface area contributed by atoms with E-state index in [0.717, 1.165) is 53.5 Å². The molecule has 1 fully saturated rings. The van der Waals surface area contributed by atoms with E-state index >= 15 is 0 Å². The van der Waals surface area contributed by atoms with Crippen molar-refractivity contribution in [3.05, 3.63) is 41.7 Å². The second-order valence-corrected chi connectivity index (χ2v) is 7.81. The molecular weight excluding hydrogens is 414 g/mol. The molecule has 7 heteroatoms. The van der Waals surface area contributed by atoms with Gasteiger partial charge in [0.15, 0.2) is 0 Å². The quantitative estimate of drug-likeness (QED) is 0.559. The number of alkyl halides is 1. The number of hydrogen-bond donors (Lipinski definition) is 2. The highest BCUT2D eigenvalue weighted by molar-refractivity contribution is 9.09. The highest BCUT2D eigenvalue weighted by Gasteiger charge is 2.23. The number of nitrogens with one attached hydrogen (secondary N) is 2. The first-order chi connectivity index (χ1) is 12.7. The second-order valence-electron chi connectivity index (χ2n) is 6.61. The van der Waals surface area contributed by atoms with Gasteiger partial charge in [0.05, 0.1) is 16.9 Å². The summed E-state index contributed by atoms with van der Waals surface area (Å²) in [4.78, 5) is 14.9. The van der Waals surface area contributed by atoms with Crippen molar-refractivity contribution in [1.29, 1.82) is 0 Å². The zero-order chi connectivity index (χ0) is 17.9. The highest BCUT2D eigenvalue weighted by Crippen LogP contribution is 2.32. The molecule has 0 radical (unpaired) electrons. The van der Waals surface area contributed by atoms with Crippen molar-refractivity contribution in [3.8, 4) is 11.3 Å². The summed E-state index contributed by atoms with van der Waals surface area (Å²) in [6, 6.07) is 8.54. The van der Waals surface area contributed by atoms with Gasteiger partial charge in [-0.25, -0.2) is 9.97 Å². The monoisotopic (exact) mass is 433 g/mol. The van der Waals surface area contributed by atoms with Crippen LogP contribution in [0.4, 0.5) is 5.95 Å². The number of fused-ring (bicyclic) bond motifs is 1. The van der Waals surface area contributed by atoms with Crippen molar-refractivity contribution in [2.75, 3.05) is 30.3 Å². The first-order valence-electron chi connectivity index (χ1n) is 8.88. The van der Waals surface area contributed by atoms with Crippen LogP contribution in [0.5, 0.6) is 0 Å². The van der Waals surface area contributed by atoms with Crippen molar-refractivity contribution in [2.24, 2.45) is 0 Å². The Morgan fingerprint density at radius 3 is 3.12 bits per heavy atom. The van der Waals surface area contributed by atoms with Crippen LogP contribution in [0.1, 0.15) is 12.8 Å². The molecule has 2 aromatic heterocycles. The van der Waals surface area contributed by atoms with Crippen molar-refractivity contribution < 1.29 is 0 Å². The fourth-order valence-corrected chi connectivity index (χ4v) is 3.96. The molecule has 0 amide bonds. The van der Waals surface area contributed by atoms with E-state index in [2.05, 4.69) is 42.2 Å². The van der Waals surface area contributed by atoms with Gasteiger partial charge >= 0.3 is 0 Å². The Balaban J connectivity index is 1.54. The van der Waals surface area contributed by atoms with Gasteiger partial charge in [-0.3, -0.25) is 0 Å². The fourth-order valence-electron chi connectivity index (χ4n) is 3.51. The van der Waals surface area contributed by atoms with E-state index in [0.29, 0.717) is 17.0 Å². The van der Waals surface area contributed by atoms with Crippen LogP contribution in [0.2, 0.25) is 5.02 Å².